The Bertz CT molecular complexity index is 354. The minimum absolute atomic E-state index is 0.0642. The number of rotatable bonds is 3. The van der Waals surface area contributed by atoms with Crippen molar-refractivity contribution >= 4 is 7.92 Å². The van der Waals surface area contributed by atoms with E-state index in [0.29, 0.717) is 16.9 Å². The van der Waals surface area contributed by atoms with Gasteiger partial charge in [-0.3, -0.25) is 0 Å². The summed E-state index contributed by atoms with van der Waals surface area (Å²) in [6.07, 6.45) is 1.20. The van der Waals surface area contributed by atoms with Gasteiger partial charge in [-0.05, 0) is 27.6 Å². The van der Waals surface area contributed by atoms with Gasteiger partial charge in [0.25, 0.3) is 0 Å². The molecule has 0 saturated heterocycles. The number of hydrogen-bond acceptors (Lipinski definition) is 1. The standard InChI is InChI=1S/C16H28NP/c1-15(2,3)18(16(4,5)6)12-14-9-7-13(11-17)8-10-14/h7-10H,11-12,17H2,1-6H3. The molecular weight excluding hydrogens is 237 g/mol. The van der Waals surface area contributed by atoms with Crippen molar-refractivity contribution in [3.05, 3.63) is 35.4 Å². The molecule has 0 fully saturated rings. The van der Waals surface area contributed by atoms with Gasteiger partial charge in [-0.25, -0.2) is 0 Å². The first-order valence-electron chi connectivity index (χ1n) is 6.70. The highest BCUT2D eigenvalue weighted by Crippen LogP contribution is 2.61. The second-order valence-electron chi connectivity index (χ2n) is 6.95. The Kier molecular flexibility index (Phi) is 4.98. The Morgan fingerprint density at radius 2 is 1.22 bits per heavy atom. The van der Waals surface area contributed by atoms with Crippen LogP contribution in [0.5, 0.6) is 0 Å². The van der Waals surface area contributed by atoms with Crippen molar-refractivity contribution in [1.29, 1.82) is 0 Å². The normalized spacial score (nSPS) is 13.1. The van der Waals surface area contributed by atoms with Gasteiger partial charge in [-0.1, -0.05) is 73.7 Å². The first kappa shape index (κ1) is 15.7. The van der Waals surface area contributed by atoms with Gasteiger partial charge >= 0.3 is 0 Å². The molecule has 0 radical (unpaired) electrons. The summed E-state index contributed by atoms with van der Waals surface area (Å²) >= 11 is 0. The second-order valence-corrected chi connectivity index (χ2v) is 10.8. The van der Waals surface area contributed by atoms with Crippen molar-refractivity contribution in [2.75, 3.05) is 0 Å². The monoisotopic (exact) mass is 265 g/mol. The Balaban J connectivity index is 2.90. The van der Waals surface area contributed by atoms with Crippen molar-refractivity contribution < 1.29 is 0 Å². The quantitative estimate of drug-likeness (QED) is 0.786. The van der Waals surface area contributed by atoms with E-state index in [1.165, 1.54) is 17.3 Å². The van der Waals surface area contributed by atoms with Crippen LogP contribution >= 0.6 is 7.92 Å². The molecule has 0 heterocycles. The van der Waals surface area contributed by atoms with E-state index in [0.717, 1.165) is 0 Å². The maximum Gasteiger partial charge on any atom is 0.0178 e. The van der Waals surface area contributed by atoms with E-state index in [2.05, 4.69) is 65.8 Å². The van der Waals surface area contributed by atoms with Crippen molar-refractivity contribution in [3.8, 4) is 0 Å². The summed E-state index contributed by atoms with van der Waals surface area (Å²) in [6.45, 7) is 14.9. The third kappa shape index (κ3) is 4.37. The maximum absolute atomic E-state index is 5.64. The zero-order valence-corrected chi connectivity index (χ0v) is 13.6. The Morgan fingerprint density at radius 1 is 0.833 bits per heavy atom. The fourth-order valence-electron chi connectivity index (χ4n) is 2.44. The van der Waals surface area contributed by atoms with Crippen LogP contribution in [0, 0.1) is 0 Å². The predicted octanol–water partition coefficient (Wildman–Crippen LogP) is 4.72. The van der Waals surface area contributed by atoms with Gasteiger partial charge in [-0.2, -0.15) is 0 Å². The summed E-state index contributed by atoms with van der Waals surface area (Å²) in [5, 5.41) is 0.778. The van der Waals surface area contributed by atoms with Crippen molar-refractivity contribution in [2.45, 2.75) is 64.6 Å². The molecule has 1 aromatic carbocycles. The van der Waals surface area contributed by atoms with Crippen LogP contribution in [0.2, 0.25) is 0 Å². The minimum Gasteiger partial charge on any atom is -0.326 e. The summed E-state index contributed by atoms with van der Waals surface area (Å²) in [5.74, 6) is 0. The van der Waals surface area contributed by atoms with Crippen LogP contribution in [0.1, 0.15) is 52.7 Å². The van der Waals surface area contributed by atoms with Crippen LogP contribution in [0.15, 0.2) is 24.3 Å². The van der Waals surface area contributed by atoms with Gasteiger partial charge in [0, 0.05) is 6.54 Å². The molecule has 0 amide bonds. The highest BCUT2D eigenvalue weighted by atomic mass is 31.1. The molecule has 2 N–H and O–H groups in total. The average Bonchev–Trinajstić information content (AvgIpc) is 2.23. The van der Waals surface area contributed by atoms with Crippen molar-refractivity contribution in [3.63, 3.8) is 0 Å². The molecule has 0 aromatic heterocycles. The summed E-state index contributed by atoms with van der Waals surface area (Å²) in [4.78, 5) is 0. The molecule has 1 rings (SSSR count). The molecule has 0 atom stereocenters. The molecule has 0 aliphatic rings. The van der Waals surface area contributed by atoms with Crippen molar-refractivity contribution in [1.82, 2.24) is 0 Å². The molecule has 0 bridgehead atoms. The Morgan fingerprint density at radius 3 is 1.56 bits per heavy atom. The van der Waals surface area contributed by atoms with E-state index >= 15 is 0 Å². The van der Waals surface area contributed by atoms with Gasteiger partial charge in [0.2, 0.25) is 0 Å². The highest BCUT2D eigenvalue weighted by Gasteiger charge is 2.33. The maximum atomic E-state index is 5.64. The molecule has 102 valence electrons. The zero-order chi connectivity index (χ0) is 14.0. The van der Waals surface area contributed by atoms with Crippen molar-refractivity contribution in [2.24, 2.45) is 5.73 Å². The van der Waals surface area contributed by atoms with Crippen LogP contribution in [0.3, 0.4) is 0 Å². The third-order valence-electron chi connectivity index (χ3n) is 3.22. The molecule has 2 heteroatoms. The second kappa shape index (κ2) is 5.72. The van der Waals surface area contributed by atoms with Crippen LogP contribution < -0.4 is 5.73 Å². The lowest BCUT2D eigenvalue weighted by molar-refractivity contribution is 0.702. The molecule has 18 heavy (non-hydrogen) atoms. The number of benzene rings is 1. The summed E-state index contributed by atoms with van der Waals surface area (Å²) < 4.78 is 0. The van der Waals surface area contributed by atoms with E-state index in [4.69, 9.17) is 5.73 Å². The SMILES string of the molecule is CC(C)(C)P(Cc1ccc(CN)cc1)C(C)(C)C. The van der Waals surface area contributed by atoms with Gasteiger partial charge < -0.3 is 5.73 Å². The topological polar surface area (TPSA) is 26.0 Å². The van der Waals surface area contributed by atoms with Crippen LogP contribution in [-0.4, -0.2) is 10.3 Å². The fourth-order valence-corrected chi connectivity index (χ4v) is 5.98. The molecule has 1 aromatic rings. The van der Waals surface area contributed by atoms with E-state index < -0.39 is 0 Å². The minimum atomic E-state index is -0.0642. The highest BCUT2D eigenvalue weighted by molar-refractivity contribution is 7.60. The molecule has 0 aliphatic heterocycles. The van der Waals surface area contributed by atoms with Crippen LogP contribution in [0.25, 0.3) is 0 Å². The van der Waals surface area contributed by atoms with E-state index in [1.807, 2.05) is 0 Å². The number of nitrogens with two attached hydrogens (primary N) is 1. The molecule has 0 spiro atoms. The Hall–Kier alpha value is -0.390. The van der Waals surface area contributed by atoms with Gasteiger partial charge in [0.05, 0.1) is 0 Å². The van der Waals surface area contributed by atoms with Gasteiger partial charge in [-0.15, -0.1) is 0 Å². The van der Waals surface area contributed by atoms with E-state index in [-0.39, 0.29) is 7.92 Å². The van der Waals surface area contributed by atoms with Gasteiger partial charge in [0.1, 0.15) is 0 Å². The summed E-state index contributed by atoms with van der Waals surface area (Å²) in [7, 11) is -0.0642. The average molecular weight is 265 g/mol. The summed E-state index contributed by atoms with van der Waals surface area (Å²) in [5.41, 5.74) is 8.31. The zero-order valence-electron chi connectivity index (χ0n) is 12.7. The first-order valence-corrected chi connectivity index (χ1v) is 8.23. The number of hydrogen-bond donors (Lipinski definition) is 1. The molecule has 0 saturated carbocycles. The molecule has 0 aliphatic carbocycles. The lowest BCUT2D eigenvalue weighted by atomic mass is 10.1. The Labute approximate surface area is 114 Å². The largest absolute Gasteiger partial charge is 0.326 e. The first-order chi connectivity index (χ1) is 8.14. The summed E-state index contributed by atoms with van der Waals surface area (Å²) in [6, 6.07) is 8.81. The van der Waals surface area contributed by atoms with E-state index in [9.17, 15) is 0 Å². The lowest BCUT2D eigenvalue weighted by Gasteiger charge is -2.41. The van der Waals surface area contributed by atoms with Crippen LogP contribution in [-0.2, 0) is 12.7 Å². The fraction of sp³-hybridized carbons (Fsp3) is 0.625. The molecule has 0 unspecified atom stereocenters. The molecule has 1 nitrogen and oxygen atoms in total. The van der Waals surface area contributed by atoms with E-state index in [1.54, 1.807) is 0 Å². The molecular formula is C16H28NP. The smallest absolute Gasteiger partial charge is 0.0178 e. The van der Waals surface area contributed by atoms with Crippen LogP contribution in [0.4, 0.5) is 0 Å². The third-order valence-corrected chi connectivity index (χ3v) is 7.14. The lowest BCUT2D eigenvalue weighted by Crippen LogP contribution is -2.25. The predicted molar refractivity (Wildman–Crippen MR) is 84.5 cm³/mol. The van der Waals surface area contributed by atoms with Gasteiger partial charge in [0.15, 0.2) is 0 Å².